The molecule has 1 N–H and O–H groups in total. The van der Waals surface area contributed by atoms with Crippen LogP contribution in [0.25, 0.3) is 0 Å². The van der Waals surface area contributed by atoms with E-state index in [1.807, 2.05) is 0 Å². The Morgan fingerprint density at radius 2 is 2.00 bits per heavy atom. The summed E-state index contributed by atoms with van der Waals surface area (Å²) in [6.45, 7) is 9.99. The molecule has 1 saturated heterocycles. The van der Waals surface area contributed by atoms with Crippen molar-refractivity contribution in [3.05, 3.63) is 0 Å². The Hall–Kier alpha value is -0.610. The van der Waals surface area contributed by atoms with Crippen LogP contribution in [-0.2, 0) is 4.79 Å². The quantitative estimate of drug-likeness (QED) is 0.735. The van der Waals surface area contributed by atoms with Crippen LogP contribution in [0.5, 0.6) is 0 Å². The Morgan fingerprint density at radius 3 is 2.53 bits per heavy atom. The number of carboxylic acids is 1. The summed E-state index contributed by atoms with van der Waals surface area (Å²) in [5.74, 6) is -0.960. The summed E-state index contributed by atoms with van der Waals surface area (Å²) in [6.07, 6.45) is 4.00. The van der Waals surface area contributed by atoms with Gasteiger partial charge in [0.25, 0.3) is 0 Å². The van der Waals surface area contributed by atoms with Crippen molar-refractivity contribution in [2.24, 2.45) is 5.92 Å². The van der Waals surface area contributed by atoms with E-state index in [1.54, 1.807) is 6.92 Å². The molecule has 0 aliphatic carbocycles. The van der Waals surface area contributed by atoms with Crippen molar-refractivity contribution in [3.63, 3.8) is 0 Å². The molecular formula is C13H26N2O2. The number of carboxylic acid groups (broad SMARTS) is 1. The topological polar surface area (TPSA) is 43.8 Å². The van der Waals surface area contributed by atoms with Gasteiger partial charge in [-0.05, 0) is 32.5 Å². The van der Waals surface area contributed by atoms with Gasteiger partial charge in [-0.3, -0.25) is 4.79 Å². The molecule has 4 nitrogen and oxygen atoms in total. The van der Waals surface area contributed by atoms with Crippen LogP contribution in [0.4, 0.5) is 0 Å². The highest BCUT2D eigenvalue weighted by Crippen LogP contribution is 2.08. The minimum Gasteiger partial charge on any atom is -0.481 e. The molecule has 0 spiro atoms. The summed E-state index contributed by atoms with van der Waals surface area (Å²) in [6, 6.07) is 0. The van der Waals surface area contributed by atoms with Crippen LogP contribution in [-0.4, -0.2) is 60.1 Å². The zero-order chi connectivity index (χ0) is 12.7. The minimum absolute atomic E-state index is 0.267. The van der Waals surface area contributed by atoms with Crippen molar-refractivity contribution < 1.29 is 9.90 Å². The second-order valence-electron chi connectivity index (χ2n) is 5.03. The Kier molecular flexibility index (Phi) is 6.52. The van der Waals surface area contributed by atoms with Gasteiger partial charge >= 0.3 is 5.97 Å². The maximum absolute atomic E-state index is 10.8. The van der Waals surface area contributed by atoms with Gasteiger partial charge < -0.3 is 14.9 Å². The fourth-order valence-electron chi connectivity index (χ4n) is 2.31. The fourth-order valence-corrected chi connectivity index (χ4v) is 2.31. The van der Waals surface area contributed by atoms with E-state index in [2.05, 4.69) is 16.7 Å². The third-order valence-electron chi connectivity index (χ3n) is 3.58. The molecule has 17 heavy (non-hydrogen) atoms. The lowest BCUT2D eigenvalue weighted by molar-refractivity contribution is -0.141. The van der Waals surface area contributed by atoms with Gasteiger partial charge in [0, 0.05) is 19.6 Å². The average Bonchev–Trinajstić information content (AvgIpc) is 2.35. The number of likely N-dealkylation sites (N-methyl/N-ethyl adjacent to an activating group) is 1. The fraction of sp³-hybridized carbons (Fsp3) is 0.923. The largest absolute Gasteiger partial charge is 0.481 e. The molecular weight excluding hydrogens is 216 g/mol. The number of rotatable bonds is 7. The molecule has 1 unspecified atom stereocenters. The number of hydrogen-bond donors (Lipinski definition) is 1. The van der Waals surface area contributed by atoms with Crippen molar-refractivity contribution in [1.82, 2.24) is 9.80 Å². The lowest BCUT2D eigenvalue weighted by Gasteiger charge is -2.30. The predicted octanol–water partition coefficient (Wildman–Crippen LogP) is 1.51. The summed E-state index contributed by atoms with van der Waals surface area (Å²) in [5, 5.41) is 8.91. The number of carbonyl (C=O) groups is 1. The van der Waals surface area contributed by atoms with E-state index < -0.39 is 5.97 Å². The summed E-state index contributed by atoms with van der Waals surface area (Å²) < 4.78 is 0. The van der Waals surface area contributed by atoms with Crippen molar-refractivity contribution in [2.45, 2.75) is 33.1 Å². The Labute approximate surface area is 105 Å². The lowest BCUT2D eigenvalue weighted by atomic mass is 10.1. The Bertz CT molecular complexity index is 227. The summed E-state index contributed by atoms with van der Waals surface area (Å²) in [5.41, 5.74) is 0. The van der Waals surface area contributed by atoms with Crippen molar-refractivity contribution in [1.29, 1.82) is 0 Å². The van der Waals surface area contributed by atoms with Crippen LogP contribution in [0.15, 0.2) is 0 Å². The second-order valence-corrected chi connectivity index (χ2v) is 5.03. The highest BCUT2D eigenvalue weighted by atomic mass is 16.4. The summed E-state index contributed by atoms with van der Waals surface area (Å²) >= 11 is 0. The second kappa shape index (κ2) is 7.67. The number of nitrogens with zero attached hydrogens (tertiary/aromatic N) is 2. The molecule has 4 heteroatoms. The van der Waals surface area contributed by atoms with E-state index in [1.165, 1.54) is 32.4 Å². The van der Waals surface area contributed by atoms with E-state index in [0.717, 1.165) is 19.6 Å². The zero-order valence-electron chi connectivity index (χ0n) is 11.2. The molecule has 1 atom stereocenters. The molecule has 0 saturated carbocycles. The Morgan fingerprint density at radius 1 is 1.35 bits per heavy atom. The van der Waals surface area contributed by atoms with E-state index in [-0.39, 0.29) is 5.92 Å². The third-order valence-corrected chi connectivity index (χ3v) is 3.58. The van der Waals surface area contributed by atoms with Gasteiger partial charge in [0.1, 0.15) is 0 Å². The van der Waals surface area contributed by atoms with Crippen LogP contribution in [0, 0.1) is 5.92 Å². The molecule has 0 aromatic rings. The first kappa shape index (κ1) is 14.5. The van der Waals surface area contributed by atoms with E-state index >= 15 is 0 Å². The SMILES string of the molecule is CCN(CCN1CCCCC1)CC(C)C(=O)O. The molecule has 1 heterocycles. The van der Waals surface area contributed by atoms with Crippen molar-refractivity contribution in [2.75, 3.05) is 39.3 Å². The maximum Gasteiger partial charge on any atom is 0.307 e. The number of likely N-dealkylation sites (tertiary alicyclic amines) is 1. The first-order valence-electron chi connectivity index (χ1n) is 6.81. The van der Waals surface area contributed by atoms with Gasteiger partial charge in [-0.2, -0.15) is 0 Å². The van der Waals surface area contributed by atoms with Gasteiger partial charge in [0.15, 0.2) is 0 Å². The lowest BCUT2D eigenvalue weighted by Crippen LogP contribution is -2.40. The van der Waals surface area contributed by atoms with E-state index in [4.69, 9.17) is 5.11 Å². The van der Waals surface area contributed by atoms with Crippen LogP contribution in [0.1, 0.15) is 33.1 Å². The van der Waals surface area contributed by atoms with Crippen LogP contribution in [0.2, 0.25) is 0 Å². The van der Waals surface area contributed by atoms with Gasteiger partial charge in [-0.1, -0.05) is 20.3 Å². The summed E-state index contributed by atoms with van der Waals surface area (Å²) in [7, 11) is 0. The standard InChI is InChI=1S/C13H26N2O2/c1-3-14(11-12(2)13(16)17)9-10-15-7-5-4-6-8-15/h12H,3-11H2,1-2H3,(H,16,17). The van der Waals surface area contributed by atoms with Gasteiger partial charge in [0.05, 0.1) is 5.92 Å². The molecule has 0 radical (unpaired) electrons. The third kappa shape index (κ3) is 5.50. The van der Waals surface area contributed by atoms with Crippen LogP contribution in [0.3, 0.4) is 0 Å². The van der Waals surface area contributed by atoms with E-state index in [9.17, 15) is 4.79 Å². The molecule has 0 aromatic carbocycles. The molecule has 0 bridgehead atoms. The molecule has 0 aromatic heterocycles. The molecule has 1 rings (SSSR count). The zero-order valence-corrected chi connectivity index (χ0v) is 11.2. The van der Waals surface area contributed by atoms with E-state index in [0.29, 0.717) is 6.54 Å². The molecule has 100 valence electrons. The normalized spacial score (nSPS) is 19.5. The highest BCUT2D eigenvalue weighted by Gasteiger charge is 2.16. The predicted molar refractivity (Wildman–Crippen MR) is 69.2 cm³/mol. The number of hydrogen-bond acceptors (Lipinski definition) is 3. The van der Waals surface area contributed by atoms with Crippen molar-refractivity contribution >= 4 is 5.97 Å². The monoisotopic (exact) mass is 242 g/mol. The van der Waals surface area contributed by atoms with Crippen molar-refractivity contribution in [3.8, 4) is 0 Å². The Balaban J connectivity index is 2.23. The summed E-state index contributed by atoms with van der Waals surface area (Å²) in [4.78, 5) is 15.6. The minimum atomic E-state index is -0.693. The first-order chi connectivity index (χ1) is 8.13. The average molecular weight is 242 g/mol. The molecule has 1 aliphatic heterocycles. The van der Waals surface area contributed by atoms with Gasteiger partial charge in [0.2, 0.25) is 0 Å². The molecule has 1 aliphatic rings. The van der Waals surface area contributed by atoms with Gasteiger partial charge in [-0.15, -0.1) is 0 Å². The first-order valence-corrected chi connectivity index (χ1v) is 6.81. The number of aliphatic carboxylic acids is 1. The number of piperidine rings is 1. The van der Waals surface area contributed by atoms with Crippen LogP contribution >= 0.6 is 0 Å². The molecule has 1 fully saturated rings. The maximum atomic E-state index is 10.8. The van der Waals surface area contributed by atoms with Gasteiger partial charge in [-0.25, -0.2) is 0 Å². The highest BCUT2D eigenvalue weighted by molar-refractivity contribution is 5.69. The smallest absolute Gasteiger partial charge is 0.307 e. The molecule has 0 amide bonds. The van der Waals surface area contributed by atoms with Crippen LogP contribution < -0.4 is 0 Å².